The number of aryl methyl sites for hydroxylation is 1. The molecule has 3 heterocycles. The average Bonchev–Trinajstić information content (AvgIpc) is 3.51. The van der Waals surface area contributed by atoms with E-state index in [1.807, 2.05) is 25.1 Å². The molecule has 1 aromatic heterocycles. The molecule has 0 radical (unpaired) electrons. The standard InChI is InChI=1S/C25H20ClNO4S3/c1-14-4-9-18-19(11-14)33-22(21(18)26)24(29)31-16-7-5-15(6-8-16)12-20-23(28)27(25(32)34-20)13-17-3-2-10-30-17/h4-9,11-12,17H,2-3,10,13H2,1H3. The Labute approximate surface area is 215 Å². The topological polar surface area (TPSA) is 55.8 Å². The number of amides is 1. The van der Waals surface area contributed by atoms with Crippen LogP contribution in [0.15, 0.2) is 47.4 Å². The molecule has 0 aliphatic carbocycles. The second-order valence-electron chi connectivity index (χ2n) is 8.13. The molecular formula is C25H20ClNO4S3. The van der Waals surface area contributed by atoms with Crippen LogP contribution in [0.2, 0.25) is 5.02 Å². The van der Waals surface area contributed by atoms with Crippen molar-refractivity contribution in [2.45, 2.75) is 25.9 Å². The number of hydrogen-bond donors (Lipinski definition) is 0. The van der Waals surface area contributed by atoms with Crippen molar-refractivity contribution in [2.75, 3.05) is 13.2 Å². The highest BCUT2D eigenvalue weighted by atomic mass is 35.5. The van der Waals surface area contributed by atoms with Crippen molar-refractivity contribution in [3.8, 4) is 5.75 Å². The average molecular weight is 530 g/mol. The number of benzene rings is 2. The Morgan fingerprint density at radius 1 is 1.29 bits per heavy atom. The molecule has 2 aromatic carbocycles. The summed E-state index contributed by atoms with van der Waals surface area (Å²) in [5, 5.41) is 1.25. The number of rotatable bonds is 5. The van der Waals surface area contributed by atoms with Gasteiger partial charge in [-0.05, 0) is 55.2 Å². The lowest BCUT2D eigenvalue weighted by molar-refractivity contribution is -0.123. The van der Waals surface area contributed by atoms with Crippen molar-refractivity contribution < 1.29 is 19.1 Å². The number of thiocarbonyl (C=S) groups is 1. The highest BCUT2D eigenvalue weighted by Crippen LogP contribution is 2.37. The lowest BCUT2D eigenvalue weighted by atomic mass is 10.2. The lowest BCUT2D eigenvalue weighted by Gasteiger charge is -2.18. The van der Waals surface area contributed by atoms with E-state index in [1.54, 1.807) is 35.2 Å². The van der Waals surface area contributed by atoms with E-state index in [1.165, 1.54) is 23.1 Å². The maximum Gasteiger partial charge on any atom is 0.355 e. The number of nitrogens with zero attached hydrogens (tertiary/aromatic N) is 1. The number of halogens is 1. The second-order valence-corrected chi connectivity index (χ2v) is 11.2. The minimum absolute atomic E-state index is 0.0503. The van der Waals surface area contributed by atoms with Gasteiger partial charge in [-0.3, -0.25) is 9.69 Å². The van der Waals surface area contributed by atoms with Crippen LogP contribution in [0.5, 0.6) is 5.75 Å². The number of fused-ring (bicyclic) bond motifs is 1. The molecule has 5 rings (SSSR count). The Morgan fingerprint density at radius 3 is 2.82 bits per heavy atom. The van der Waals surface area contributed by atoms with Crippen LogP contribution < -0.4 is 4.74 Å². The molecule has 9 heteroatoms. The highest BCUT2D eigenvalue weighted by Gasteiger charge is 2.34. The van der Waals surface area contributed by atoms with Gasteiger partial charge in [0.2, 0.25) is 0 Å². The van der Waals surface area contributed by atoms with Gasteiger partial charge in [0, 0.05) is 16.7 Å². The van der Waals surface area contributed by atoms with E-state index < -0.39 is 5.97 Å². The number of carbonyl (C=O) groups excluding carboxylic acids is 2. The van der Waals surface area contributed by atoms with Crippen molar-refractivity contribution in [2.24, 2.45) is 0 Å². The van der Waals surface area contributed by atoms with E-state index >= 15 is 0 Å². The summed E-state index contributed by atoms with van der Waals surface area (Å²) in [6.07, 6.45) is 3.81. The van der Waals surface area contributed by atoms with Crippen molar-refractivity contribution in [1.82, 2.24) is 4.90 Å². The number of thiophene rings is 1. The molecule has 1 unspecified atom stereocenters. The minimum Gasteiger partial charge on any atom is -0.422 e. The van der Waals surface area contributed by atoms with Crippen molar-refractivity contribution in [1.29, 1.82) is 0 Å². The largest absolute Gasteiger partial charge is 0.422 e. The molecule has 1 atom stereocenters. The maximum atomic E-state index is 12.8. The van der Waals surface area contributed by atoms with E-state index in [0.29, 0.717) is 31.4 Å². The van der Waals surface area contributed by atoms with Gasteiger partial charge in [-0.2, -0.15) is 0 Å². The summed E-state index contributed by atoms with van der Waals surface area (Å²) in [5.74, 6) is -0.194. The van der Waals surface area contributed by atoms with Crippen LogP contribution in [-0.2, 0) is 9.53 Å². The van der Waals surface area contributed by atoms with Gasteiger partial charge < -0.3 is 9.47 Å². The van der Waals surface area contributed by atoms with Crippen LogP contribution in [0, 0.1) is 6.92 Å². The monoisotopic (exact) mass is 529 g/mol. The fourth-order valence-corrected chi connectivity index (χ4v) is 6.65. The molecule has 2 aliphatic heterocycles. The van der Waals surface area contributed by atoms with Crippen LogP contribution in [0.1, 0.15) is 33.6 Å². The third-order valence-electron chi connectivity index (χ3n) is 5.64. The normalized spacial score (nSPS) is 19.5. The molecule has 0 saturated carbocycles. The molecule has 0 N–H and O–H groups in total. The quantitative estimate of drug-likeness (QED) is 0.163. The molecular weight excluding hydrogens is 510 g/mol. The smallest absolute Gasteiger partial charge is 0.355 e. The predicted molar refractivity (Wildman–Crippen MR) is 142 cm³/mol. The van der Waals surface area contributed by atoms with Gasteiger partial charge in [-0.1, -0.05) is 59.8 Å². The van der Waals surface area contributed by atoms with E-state index in [0.717, 1.165) is 40.7 Å². The summed E-state index contributed by atoms with van der Waals surface area (Å²) in [5.41, 5.74) is 1.91. The molecule has 2 fully saturated rings. The number of carbonyl (C=O) groups is 2. The first-order valence-corrected chi connectivity index (χ1v) is 13.2. The van der Waals surface area contributed by atoms with Gasteiger partial charge in [0.15, 0.2) is 0 Å². The van der Waals surface area contributed by atoms with Crippen molar-refractivity contribution >= 4 is 79.3 Å². The third-order valence-corrected chi connectivity index (χ3v) is 8.66. The van der Waals surface area contributed by atoms with Gasteiger partial charge in [0.1, 0.15) is 14.9 Å². The zero-order valence-electron chi connectivity index (χ0n) is 18.2. The van der Waals surface area contributed by atoms with Crippen molar-refractivity contribution in [3.05, 3.63) is 68.4 Å². The SMILES string of the molecule is Cc1ccc2c(Cl)c(C(=O)Oc3ccc(C=C4SC(=S)N(CC5CCCO5)C4=O)cc3)sc2c1. The summed E-state index contributed by atoms with van der Waals surface area (Å²) in [6.45, 7) is 3.23. The maximum absolute atomic E-state index is 12.8. The fraction of sp³-hybridized carbons (Fsp3) is 0.240. The Balaban J connectivity index is 1.27. The van der Waals surface area contributed by atoms with Gasteiger partial charge in [0.25, 0.3) is 5.91 Å². The molecule has 34 heavy (non-hydrogen) atoms. The predicted octanol–water partition coefficient (Wildman–Crippen LogP) is 6.46. The van der Waals surface area contributed by atoms with Crippen LogP contribution in [-0.4, -0.2) is 40.4 Å². The molecule has 2 aliphatic rings. The van der Waals surface area contributed by atoms with Crippen LogP contribution in [0.25, 0.3) is 16.2 Å². The van der Waals surface area contributed by atoms with Gasteiger partial charge in [-0.15, -0.1) is 11.3 Å². The number of thioether (sulfide) groups is 1. The molecule has 0 spiro atoms. The summed E-state index contributed by atoms with van der Waals surface area (Å²) >= 11 is 14.4. The summed E-state index contributed by atoms with van der Waals surface area (Å²) in [4.78, 5) is 28.1. The molecule has 3 aromatic rings. The van der Waals surface area contributed by atoms with Crippen LogP contribution >= 0.6 is 46.9 Å². The van der Waals surface area contributed by atoms with E-state index in [-0.39, 0.29) is 12.0 Å². The summed E-state index contributed by atoms with van der Waals surface area (Å²) in [6, 6.07) is 12.9. The highest BCUT2D eigenvalue weighted by molar-refractivity contribution is 8.26. The number of ether oxygens (including phenoxy) is 2. The summed E-state index contributed by atoms with van der Waals surface area (Å²) < 4.78 is 12.7. The molecule has 2 saturated heterocycles. The van der Waals surface area contributed by atoms with Gasteiger partial charge in [0.05, 0.1) is 22.6 Å². The Kier molecular flexibility index (Phi) is 6.77. The Bertz CT molecular complexity index is 1330. The molecule has 174 valence electrons. The number of hydrogen-bond acceptors (Lipinski definition) is 7. The Hall–Kier alpha value is -2.23. The first-order chi connectivity index (χ1) is 16.4. The van der Waals surface area contributed by atoms with E-state index in [2.05, 4.69) is 0 Å². The first-order valence-electron chi connectivity index (χ1n) is 10.8. The second kappa shape index (κ2) is 9.79. The van der Waals surface area contributed by atoms with Gasteiger partial charge >= 0.3 is 5.97 Å². The van der Waals surface area contributed by atoms with E-state index in [4.69, 9.17) is 33.3 Å². The van der Waals surface area contributed by atoms with E-state index in [9.17, 15) is 9.59 Å². The molecule has 5 nitrogen and oxygen atoms in total. The molecule has 0 bridgehead atoms. The van der Waals surface area contributed by atoms with Crippen molar-refractivity contribution in [3.63, 3.8) is 0 Å². The zero-order valence-corrected chi connectivity index (χ0v) is 21.4. The van der Waals surface area contributed by atoms with Gasteiger partial charge in [-0.25, -0.2) is 4.79 Å². The molecule has 1 amide bonds. The fourth-order valence-electron chi connectivity index (χ4n) is 3.89. The first kappa shape index (κ1) is 23.5. The summed E-state index contributed by atoms with van der Waals surface area (Å²) in [7, 11) is 0. The zero-order chi connectivity index (χ0) is 23.8. The van der Waals surface area contributed by atoms with Crippen LogP contribution in [0.3, 0.4) is 0 Å². The Morgan fingerprint density at radius 2 is 2.09 bits per heavy atom. The van der Waals surface area contributed by atoms with Crippen LogP contribution in [0.4, 0.5) is 0 Å². The minimum atomic E-state index is -0.494. The lowest BCUT2D eigenvalue weighted by Crippen LogP contribution is -2.35. The third kappa shape index (κ3) is 4.78. The number of esters is 1.